The average molecular weight is 286 g/mol. The fraction of sp³-hybridized carbons (Fsp3) is 0.0909. The van der Waals surface area contributed by atoms with E-state index in [2.05, 4.69) is 15.5 Å². The van der Waals surface area contributed by atoms with Crippen molar-refractivity contribution in [3.8, 4) is 0 Å². The number of hydrazone groups is 1. The van der Waals surface area contributed by atoms with Crippen LogP contribution in [0.4, 0.5) is 5.82 Å². The van der Waals surface area contributed by atoms with Crippen LogP contribution in [0.2, 0.25) is 10.0 Å². The maximum atomic E-state index is 5.93. The van der Waals surface area contributed by atoms with Crippen molar-refractivity contribution in [1.29, 1.82) is 0 Å². The Hall–Kier alpha value is -1.10. The van der Waals surface area contributed by atoms with Crippen molar-refractivity contribution in [2.45, 2.75) is 6.92 Å². The summed E-state index contributed by atoms with van der Waals surface area (Å²) in [4.78, 5) is 6.34. The fourth-order valence-corrected chi connectivity index (χ4v) is 2.35. The lowest BCUT2D eigenvalue weighted by molar-refractivity contribution is 1.23. The first-order valence-electron chi connectivity index (χ1n) is 4.82. The lowest BCUT2D eigenvalue weighted by atomic mass is 10.4. The molecule has 0 aliphatic rings. The van der Waals surface area contributed by atoms with E-state index in [-0.39, 0.29) is 0 Å². The summed E-state index contributed by atoms with van der Waals surface area (Å²) in [5, 5.41) is 5.00. The molecule has 6 heteroatoms. The summed E-state index contributed by atoms with van der Waals surface area (Å²) in [7, 11) is 0. The van der Waals surface area contributed by atoms with Crippen LogP contribution in [-0.4, -0.2) is 11.2 Å². The maximum Gasteiger partial charge on any atom is 0.165 e. The number of hydrogen-bond acceptors (Lipinski definition) is 4. The van der Waals surface area contributed by atoms with Crippen molar-refractivity contribution in [3.05, 3.63) is 44.2 Å². The van der Waals surface area contributed by atoms with Gasteiger partial charge in [-0.05, 0) is 25.1 Å². The first-order chi connectivity index (χ1) is 8.15. The third kappa shape index (κ3) is 3.43. The van der Waals surface area contributed by atoms with E-state index < -0.39 is 0 Å². The molecule has 0 fully saturated rings. The summed E-state index contributed by atoms with van der Waals surface area (Å²) in [6.07, 6.45) is 3.24. The first-order valence-corrected chi connectivity index (χ1v) is 6.39. The van der Waals surface area contributed by atoms with Crippen LogP contribution in [0.25, 0.3) is 0 Å². The molecule has 2 heterocycles. The van der Waals surface area contributed by atoms with E-state index in [0.29, 0.717) is 15.9 Å². The van der Waals surface area contributed by atoms with E-state index in [1.807, 2.05) is 19.1 Å². The van der Waals surface area contributed by atoms with Gasteiger partial charge in [-0.15, -0.1) is 11.3 Å². The fourth-order valence-electron chi connectivity index (χ4n) is 1.18. The van der Waals surface area contributed by atoms with Gasteiger partial charge in [-0.1, -0.05) is 23.2 Å². The van der Waals surface area contributed by atoms with Crippen LogP contribution in [-0.2, 0) is 0 Å². The maximum absolute atomic E-state index is 5.93. The van der Waals surface area contributed by atoms with E-state index in [1.165, 1.54) is 11.1 Å². The summed E-state index contributed by atoms with van der Waals surface area (Å²) >= 11 is 13.3. The minimum Gasteiger partial charge on any atom is -0.260 e. The largest absolute Gasteiger partial charge is 0.260 e. The molecular formula is C11H9Cl2N3S. The summed E-state index contributed by atoms with van der Waals surface area (Å²) in [6.45, 7) is 2.05. The smallest absolute Gasteiger partial charge is 0.165 e. The molecule has 0 amide bonds. The van der Waals surface area contributed by atoms with Crippen LogP contribution in [0.3, 0.4) is 0 Å². The number of thiophene rings is 1. The van der Waals surface area contributed by atoms with E-state index in [9.17, 15) is 0 Å². The standard InChI is InChI=1S/C11H9Cl2N3S/c1-7-2-3-9(17-7)6-15-16-11-10(13)4-8(12)5-14-11/h2-6H,1H3,(H,14,16). The van der Waals surface area contributed by atoms with Crippen LogP contribution in [0.1, 0.15) is 9.75 Å². The monoisotopic (exact) mass is 285 g/mol. The van der Waals surface area contributed by atoms with Crippen LogP contribution in [0, 0.1) is 6.92 Å². The SMILES string of the molecule is Cc1ccc(C=NNc2ncc(Cl)cc2Cl)s1. The molecule has 2 rings (SSSR count). The summed E-state index contributed by atoms with van der Waals surface area (Å²) in [6, 6.07) is 5.66. The summed E-state index contributed by atoms with van der Waals surface area (Å²) in [5.41, 5.74) is 2.77. The van der Waals surface area contributed by atoms with Crippen molar-refractivity contribution >= 4 is 46.6 Å². The molecule has 0 aliphatic carbocycles. The number of rotatable bonds is 3. The highest BCUT2D eigenvalue weighted by Gasteiger charge is 2.00. The van der Waals surface area contributed by atoms with E-state index in [4.69, 9.17) is 23.2 Å². The number of nitrogens with one attached hydrogen (secondary N) is 1. The Morgan fingerprint density at radius 1 is 1.41 bits per heavy atom. The number of aryl methyl sites for hydroxylation is 1. The minimum absolute atomic E-state index is 0.442. The lowest BCUT2D eigenvalue weighted by Gasteiger charge is -2.01. The normalized spacial score (nSPS) is 11.0. The molecule has 0 radical (unpaired) electrons. The number of pyridine rings is 1. The molecule has 2 aromatic heterocycles. The molecule has 0 aromatic carbocycles. The zero-order chi connectivity index (χ0) is 12.3. The van der Waals surface area contributed by atoms with Gasteiger partial charge in [-0.25, -0.2) is 4.98 Å². The second kappa shape index (κ2) is 5.49. The number of halogens is 2. The number of nitrogens with zero attached hydrogens (tertiary/aromatic N) is 2. The average Bonchev–Trinajstić information content (AvgIpc) is 2.68. The molecule has 3 nitrogen and oxygen atoms in total. The predicted molar refractivity (Wildman–Crippen MR) is 74.5 cm³/mol. The van der Waals surface area contributed by atoms with Gasteiger partial charge in [0, 0.05) is 16.0 Å². The summed E-state index contributed by atoms with van der Waals surface area (Å²) < 4.78 is 0. The van der Waals surface area contributed by atoms with Gasteiger partial charge in [0.15, 0.2) is 5.82 Å². The minimum atomic E-state index is 0.442. The Balaban J connectivity index is 2.04. The van der Waals surface area contributed by atoms with Crippen molar-refractivity contribution in [2.75, 3.05) is 5.43 Å². The van der Waals surface area contributed by atoms with Gasteiger partial charge in [0.25, 0.3) is 0 Å². The Morgan fingerprint density at radius 2 is 2.24 bits per heavy atom. The van der Waals surface area contributed by atoms with Crippen LogP contribution in [0.15, 0.2) is 29.5 Å². The molecule has 17 heavy (non-hydrogen) atoms. The molecule has 0 saturated carbocycles. The molecular weight excluding hydrogens is 277 g/mol. The summed E-state index contributed by atoms with van der Waals surface area (Å²) in [5.74, 6) is 0.487. The molecule has 0 aliphatic heterocycles. The molecule has 0 unspecified atom stereocenters. The van der Waals surface area contributed by atoms with Gasteiger partial charge in [-0.3, -0.25) is 5.43 Å². The highest BCUT2D eigenvalue weighted by atomic mass is 35.5. The quantitative estimate of drug-likeness (QED) is 0.678. The second-order valence-corrected chi connectivity index (χ2v) is 5.47. The van der Waals surface area contributed by atoms with Crippen molar-refractivity contribution in [3.63, 3.8) is 0 Å². The van der Waals surface area contributed by atoms with Gasteiger partial charge < -0.3 is 0 Å². The molecule has 2 aromatic rings. The van der Waals surface area contributed by atoms with Gasteiger partial charge in [0.1, 0.15) is 0 Å². The predicted octanol–water partition coefficient (Wildman–Crippen LogP) is 4.20. The van der Waals surface area contributed by atoms with Crippen LogP contribution < -0.4 is 5.43 Å². The zero-order valence-corrected chi connectivity index (χ0v) is 11.3. The van der Waals surface area contributed by atoms with Crippen LogP contribution >= 0.6 is 34.5 Å². The Kier molecular flexibility index (Phi) is 3.99. The molecule has 88 valence electrons. The first kappa shape index (κ1) is 12.4. The number of hydrogen-bond donors (Lipinski definition) is 1. The second-order valence-electron chi connectivity index (χ2n) is 3.30. The molecule has 0 saturated heterocycles. The van der Waals surface area contributed by atoms with Crippen molar-refractivity contribution < 1.29 is 0 Å². The van der Waals surface area contributed by atoms with Gasteiger partial charge in [0.2, 0.25) is 0 Å². The topological polar surface area (TPSA) is 37.3 Å². The van der Waals surface area contributed by atoms with Gasteiger partial charge in [0.05, 0.1) is 16.3 Å². The van der Waals surface area contributed by atoms with Crippen molar-refractivity contribution in [2.24, 2.45) is 5.10 Å². The van der Waals surface area contributed by atoms with E-state index in [0.717, 1.165) is 4.88 Å². The Labute approximate surface area is 113 Å². The van der Waals surface area contributed by atoms with Crippen LogP contribution in [0.5, 0.6) is 0 Å². The van der Waals surface area contributed by atoms with Gasteiger partial charge >= 0.3 is 0 Å². The third-order valence-corrected chi connectivity index (χ3v) is 3.36. The highest BCUT2D eigenvalue weighted by Crippen LogP contribution is 2.22. The number of aromatic nitrogens is 1. The Bertz CT molecular complexity index is 551. The van der Waals surface area contributed by atoms with E-state index in [1.54, 1.807) is 23.6 Å². The molecule has 1 N–H and O–H groups in total. The lowest BCUT2D eigenvalue weighted by Crippen LogP contribution is -1.93. The van der Waals surface area contributed by atoms with Gasteiger partial charge in [-0.2, -0.15) is 5.10 Å². The highest BCUT2D eigenvalue weighted by molar-refractivity contribution is 7.13. The molecule has 0 spiro atoms. The van der Waals surface area contributed by atoms with E-state index >= 15 is 0 Å². The van der Waals surface area contributed by atoms with Crippen molar-refractivity contribution in [1.82, 2.24) is 4.98 Å². The third-order valence-electron chi connectivity index (χ3n) is 1.93. The zero-order valence-electron chi connectivity index (χ0n) is 8.95. The Morgan fingerprint density at radius 3 is 2.88 bits per heavy atom. The molecule has 0 atom stereocenters. The molecule has 0 bridgehead atoms. The number of anilines is 1.